The van der Waals surface area contributed by atoms with Gasteiger partial charge in [0, 0.05) is 13.2 Å². The second kappa shape index (κ2) is 6.18. The Balaban J connectivity index is 2.22. The molecule has 0 aromatic carbocycles. The van der Waals surface area contributed by atoms with Crippen LogP contribution >= 0.6 is 0 Å². The maximum absolute atomic E-state index is 6.13. The summed E-state index contributed by atoms with van der Waals surface area (Å²) in [4.78, 5) is 0. The van der Waals surface area contributed by atoms with E-state index in [2.05, 4.69) is 29.4 Å². The van der Waals surface area contributed by atoms with Crippen molar-refractivity contribution in [2.75, 3.05) is 13.2 Å². The van der Waals surface area contributed by atoms with Crippen molar-refractivity contribution in [1.29, 1.82) is 0 Å². The van der Waals surface area contributed by atoms with E-state index >= 15 is 0 Å². The second-order valence-electron chi connectivity index (χ2n) is 6.46. The van der Waals surface area contributed by atoms with E-state index in [1.54, 1.807) is 0 Å². The average molecular weight is 281 g/mol. The molecule has 1 saturated carbocycles. The molecule has 0 atom stereocenters. The van der Waals surface area contributed by atoms with E-state index in [1.807, 2.05) is 11.6 Å². The molecule has 0 spiro atoms. The van der Waals surface area contributed by atoms with Gasteiger partial charge in [0.15, 0.2) is 5.82 Å². The van der Waals surface area contributed by atoms with E-state index in [1.165, 1.54) is 0 Å². The van der Waals surface area contributed by atoms with Crippen molar-refractivity contribution in [3.63, 3.8) is 0 Å². The van der Waals surface area contributed by atoms with Crippen LogP contribution in [0.4, 0.5) is 0 Å². The van der Waals surface area contributed by atoms with Crippen LogP contribution in [0.2, 0.25) is 0 Å². The van der Waals surface area contributed by atoms with Crippen molar-refractivity contribution in [2.24, 2.45) is 11.1 Å². The van der Waals surface area contributed by atoms with Crippen molar-refractivity contribution in [1.82, 2.24) is 20.2 Å². The molecule has 1 aromatic rings. The van der Waals surface area contributed by atoms with Gasteiger partial charge in [0.2, 0.25) is 0 Å². The van der Waals surface area contributed by atoms with Gasteiger partial charge in [0.1, 0.15) is 5.60 Å². The van der Waals surface area contributed by atoms with E-state index in [-0.39, 0.29) is 5.60 Å². The van der Waals surface area contributed by atoms with E-state index in [4.69, 9.17) is 10.5 Å². The van der Waals surface area contributed by atoms with Crippen molar-refractivity contribution in [3.05, 3.63) is 5.82 Å². The first-order valence-electron chi connectivity index (χ1n) is 7.64. The normalized spacial score (nSPS) is 21.0. The van der Waals surface area contributed by atoms with Gasteiger partial charge in [-0.15, -0.1) is 5.10 Å². The quantitative estimate of drug-likeness (QED) is 0.861. The van der Waals surface area contributed by atoms with Crippen molar-refractivity contribution >= 4 is 0 Å². The maximum Gasteiger partial charge on any atom is 0.183 e. The number of tetrazole rings is 1. The maximum atomic E-state index is 6.13. The van der Waals surface area contributed by atoms with E-state index < -0.39 is 0 Å². The molecule has 1 fully saturated rings. The molecule has 1 aromatic heterocycles. The van der Waals surface area contributed by atoms with Crippen LogP contribution in [0.5, 0.6) is 0 Å². The molecule has 6 heteroatoms. The predicted molar refractivity (Wildman–Crippen MR) is 77.0 cm³/mol. The molecule has 0 saturated heterocycles. The van der Waals surface area contributed by atoms with Crippen LogP contribution in [0.1, 0.15) is 58.7 Å². The first kappa shape index (κ1) is 15.4. The van der Waals surface area contributed by atoms with Gasteiger partial charge in [-0.3, -0.25) is 0 Å². The minimum Gasteiger partial charge on any atom is -0.367 e. The summed E-state index contributed by atoms with van der Waals surface area (Å²) in [6.45, 7) is 8.77. The fraction of sp³-hybridized carbons (Fsp3) is 0.929. The Labute approximate surface area is 121 Å². The Bertz CT molecular complexity index is 419. The number of hydrogen-bond donors (Lipinski definition) is 1. The molecule has 1 aliphatic rings. The van der Waals surface area contributed by atoms with Gasteiger partial charge in [-0.1, -0.05) is 13.8 Å². The largest absolute Gasteiger partial charge is 0.367 e. The number of hydrogen-bond acceptors (Lipinski definition) is 5. The lowest BCUT2D eigenvalue weighted by Gasteiger charge is -2.42. The van der Waals surface area contributed by atoms with Crippen LogP contribution in [0.3, 0.4) is 0 Å². The number of nitrogens with zero attached hydrogens (tertiary/aromatic N) is 4. The zero-order valence-electron chi connectivity index (χ0n) is 12.9. The van der Waals surface area contributed by atoms with Crippen LogP contribution in [-0.4, -0.2) is 33.4 Å². The molecule has 0 aliphatic heterocycles. The number of ether oxygens (including phenoxy) is 1. The van der Waals surface area contributed by atoms with Crippen LogP contribution < -0.4 is 5.73 Å². The smallest absolute Gasteiger partial charge is 0.183 e. The molecule has 2 N–H and O–H groups in total. The monoisotopic (exact) mass is 281 g/mol. The van der Waals surface area contributed by atoms with Gasteiger partial charge >= 0.3 is 0 Å². The molecule has 6 nitrogen and oxygen atoms in total. The Morgan fingerprint density at radius 3 is 2.55 bits per heavy atom. The Hall–Kier alpha value is -1.01. The third-order valence-electron chi connectivity index (χ3n) is 4.35. The summed E-state index contributed by atoms with van der Waals surface area (Å²) in [6, 6.07) is 0. The van der Waals surface area contributed by atoms with Gasteiger partial charge in [0.25, 0.3) is 0 Å². The lowest BCUT2D eigenvalue weighted by molar-refractivity contribution is -0.0974. The Morgan fingerprint density at radius 2 is 1.95 bits per heavy atom. The number of rotatable bonds is 6. The number of aromatic nitrogens is 4. The van der Waals surface area contributed by atoms with Crippen molar-refractivity contribution in [2.45, 2.75) is 65.0 Å². The molecule has 1 aliphatic carbocycles. The van der Waals surface area contributed by atoms with Crippen molar-refractivity contribution in [3.8, 4) is 0 Å². The summed E-state index contributed by atoms with van der Waals surface area (Å²) in [5.41, 5.74) is 5.66. The molecule has 0 radical (unpaired) electrons. The molecular formula is C14H27N5O. The van der Waals surface area contributed by atoms with Crippen molar-refractivity contribution < 1.29 is 4.74 Å². The lowest BCUT2D eigenvalue weighted by Crippen LogP contribution is -2.40. The Morgan fingerprint density at radius 1 is 1.25 bits per heavy atom. The topological polar surface area (TPSA) is 78.9 Å². The molecule has 0 unspecified atom stereocenters. The summed E-state index contributed by atoms with van der Waals surface area (Å²) >= 11 is 0. The zero-order valence-corrected chi connectivity index (χ0v) is 12.9. The van der Waals surface area contributed by atoms with E-state index in [0.29, 0.717) is 18.6 Å². The zero-order chi connectivity index (χ0) is 14.6. The van der Waals surface area contributed by atoms with Crippen LogP contribution in [0.25, 0.3) is 0 Å². The minimum absolute atomic E-state index is 0.317. The van der Waals surface area contributed by atoms with Gasteiger partial charge in [-0.25, -0.2) is 4.68 Å². The van der Waals surface area contributed by atoms with E-state index in [9.17, 15) is 0 Å². The summed E-state index contributed by atoms with van der Waals surface area (Å²) < 4.78 is 8.01. The molecular weight excluding hydrogens is 254 g/mol. The first-order valence-corrected chi connectivity index (χ1v) is 7.64. The number of aryl methyl sites for hydroxylation is 1. The highest BCUT2D eigenvalue weighted by molar-refractivity contribution is 5.04. The fourth-order valence-corrected chi connectivity index (χ4v) is 2.96. The molecule has 0 amide bonds. The standard InChI is InChI=1S/C14H27N5O/c1-4-20-14(8-6-13(2,3)7-9-14)12-16-17-18-19(12)11-5-10-15/h4-11,15H2,1-3H3. The average Bonchev–Trinajstić information content (AvgIpc) is 2.88. The van der Waals surface area contributed by atoms with E-state index in [0.717, 1.165) is 44.5 Å². The van der Waals surface area contributed by atoms with Crippen LogP contribution in [-0.2, 0) is 16.9 Å². The van der Waals surface area contributed by atoms with Crippen LogP contribution in [0.15, 0.2) is 0 Å². The van der Waals surface area contributed by atoms with Gasteiger partial charge in [-0.05, 0) is 61.4 Å². The second-order valence-corrected chi connectivity index (χ2v) is 6.46. The van der Waals surface area contributed by atoms with Crippen LogP contribution in [0, 0.1) is 5.41 Å². The Kier molecular flexibility index (Phi) is 4.75. The van der Waals surface area contributed by atoms with Gasteiger partial charge < -0.3 is 10.5 Å². The fourth-order valence-electron chi connectivity index (χ4n) is 2.96. The molecule has 20 heavy (non-hydrogen) atoms. The highest BCUT2D eigenvalue weighted by Gasteiger charge is 2.44. The third kappa shape index (κ3) is 3.17. The third-order valence-corrected chi connectivity index (χ3v) is 4.35. The minimum atomic E-state index is -0.317. The summed E-state index contributed by atoms with van der Waals surface area (Å²) in [6.07, 6.45) is 5.12. The van der Waals surface area contributed by atoms with Gasteiger partial charge in [0.05, 0.1) is 0 Å². The number of nitrogens with two attached hydrogens (primary N) is 1. The molecule has 114 valence electrons. The molecule has 1 heterocycles. The molecule has 2 rings (SSSR count). The predicted octanol–water partition coefficient (Wildman–Crippen LogP) is 1.85. The molecule has 0 bridgehead atoms. The first-order chi connectivity index (χ1) is 9.53. The summed E-state index contributed by atoms with van der Waals surface area (Å²) in [7, 11) is 0. The highest BCUT2D eigenvalue weighted by atomic mass is 16.5. The highest BCUT2D eigenvalue weighted by Crippen LogP contribution is 2.46. The lowest BCUT2D eigenvalue weighted by atomic mass is 9.70. The summed E-state index contributed by atoms with van der Waals surface area (Å²) in [5, 5.41) is 12.2. The SMILES string of the molecule is CCOC1(c2nnnn2CCCN)CCC(C)(C)CC1. The van der Waals surface area contributed by atoms with Gasteiger partial charge in [-0.2, -0.15) is 0 Å². The summed E-state index contributed by atoms with van der Waals surface area (Å²) in [5.74, 6) is 0.878.